The summed E-state index contributed by atoms with van der Waals surface area (Å²) in [6, 6.07) is 0. The molecule has 0 atom stereocenters. The molecule has 0 saturated heterocycles. The summed E-state index contributed by atoms with van der Waals surface area (Å²) in [5.41, 5.74) is -0.191. The largest absolute Gasteiger partial charge is 0.299 e. The average Bonchev–Trinajstić information content (AvgIpc) is 2.30. The van der Waals surface area contributed by atoms with Crippen molar-refractivity contribution >= 4 is 5.78 Å². The second kappa shape index (κ2) is 10.3. The number of ketones is 1. The van der Waals surface area contributed by atoms with Crippen LogP contribution in [0, 0.1) is 5.41 Å². The fraction of sp³-hybridized carbons (Fsp3) is 0.824. The Morgan fingerprint density at radius 2 is 1.44 bits per heavy atom. The van der Waals surface area contributed by atoms with Crippen LogP contribution in [0.15, 0.2) is 12.2 Å². The second-order valence-electron chi connectivity index (χ2n) is 6.26. The maximum Gasteiger partial charge on any atom is 0.141 e. The Labute approximate surface area is 114 Å². The lowest BCUT2D eigenvalue weighted by Crippen LogP contribution is -2.18. The molecule has 0 rings (SSSR count). The molecule has 1 nitrogen and oxygen atoms in total. The van der Waals surface area contributed by atoms with Crippen LogP contribution in [0.2, 0.25) is 0 Å². The van der Waals surface area contributed by atoms with Gasteiger partial charge in [-0.1, -0.05) is 78.4 Å². The molecule has 0 aliphatic rings. The van der Waals surface area contributed by atoms with Gasteiger partial charge < -0.3 is 0 Å². The highest BCUT2D eigenvalue weighted by molar-refractivity contribution is 5.84. The van der Waals surface area contributed by atoms with Crippen LogP contribution in [0.3, 0.4) is 0 Å². The van der Waals surface area contributed by atoms with Crippen molar-refractivity contribution in [2.24, 2.45) is 5.41 Å². The fourth-order valence-electron chi connectivity index (χ4n) is 1.83. The first kappa shape index (κ1) is 17.4. The lowest BCUT2D eigenvalue weighted by Gasteiger charge is -2.14. The fourth-order valence-corrected chi connectivity index (χ4v) is 1.83. The number of allylic oxidation sites excluding steroid dienone is 2. The van der Waals surface area contributed by atoms with E-state index in [2.05, 4.69) is 13.0 Å². The van der Waals surface area contributed by atoms with Crippen LogP contribution in [0.4, 0.5) is 0 Å². The highest BCUT2D eigenvalue weighted by Gasteiger charge is 2.18. The van der Waals surface area contributed by atoms with E-state index >= 15 is 0 Å². The van der Waals surface area contributed by atoms with Gasteiger partial charge in [0.15, 0.2) is 0 Å². The molecule has 0 radical (unpaired) electrons. The van der Waals surface area contributed by atoms with Gasteiger partial charge >= 0.3 is 0 Å². The maximum atomic E-state index is 11.6. The SMILES string of the molecule is CCCCCCCCC/C=C/CC(=O)C(C)(C)C. The van der Waals surface area contributed by atoms with Crippen molar-refractivity contribution in [2.75, 3.05) is 0 Å². The van der Waals surface area contributed by atoms with E-state index in [0.29, 0.717) is 12.2 Å². The number of carbonyl (C=O) groups excluding carboxylic acids is 1. The average molecular weight is 252 g/mol. The Balaban J connectivity index is 3.36. The molecule has 18 heavy (non-hydrogen) atoms. The molecule has 0 unspecified atom stereocenters. The number of Topliss-reactive ketones (excluding diaryl/α,β-unsaturated/α-hetero) is 1. The second-order valence-corrected chi connectivity index (χ2v) is 6.26. The first-order chi connectivity index (χ1) is 8.48. The number of hydrogen-bond acceptors (Lipinski definition) is 1. The van der Waals surface area contributed by atoms with Crippen molar-refractivity contribution in [2.45, 2.75) is 85.5 Å². The third kappa shape index (κ3) is 10.6. The monoisotopic (exact) mass is 252 g/mol. The van der Waals surface area contributed by atoms with E-state index in [4.69, 9.17) is 0 Å². The van der Waals surface area contributed by atoms with Crippen molar-refractivity contribution in [3.8, 4) is 0 Å². The van der Waals surface area contributed by atoms with Gasteiger partial charge in [0, 0.05) is 11.8 Å². The van der Waals surface area contributed by atoms with Crippen molar-refractivity contribution in [3.63, 3.8) is 0 Å². The van der Waals surface area contributed by atoms with E-state index in [1.54, 1.807) is 0 Å². The summed E-state index contributed by atoms with van der Waals surface area (Å²) < 4.78 is 0. The quantitative estimate of drug-likeness (QED) is 0.360. The third-order valence-corrected chi connectivity index (χ3v) is 3.28. The van der Waals surface area contributed by atoms with Crippen LogP contribution in [-0.2, 0) is 4.79 Å². The van der Waals surface area contributed by atoms with Gasteiger partial charge in [-0.25, -0.2) is 0 Å². The number of carbonyl (C=O) groups is 1. The molecular weight excluding hydrogens is 220 g/mol. The molecule has 0 bridgehead atoms. The van der Waals surface area contributed by atoms with E-state index in [0.717, 1.165) is 6.42 Å². The van der Waals surface area contributed by atoms with Crippen molar-refractivity contribution in [3.05, 3.63) is 12.2 Å². The third-order valence-electron chi connectivity index (χ3n) is 3.28. The van der Waals surface area contributed by atoms with Gasteiger partial charge in [0.1, 0.15) is 5.78 Å². The van der Waals surface area contributed by atoms with Gasteiger partial charge in [-0.2, -0.15) is 0 Å². The van der Waals surface area contributed by atoms with Crippen molar-refractivity contribution in [1.29, 1.82) is 0 Å². The minimum absolute atomic E-state index is 0.191. The summed E-state index contributed by atoms with van der Waals surface area (Å²) in [5, 5.41) is 0. The summed E-state index contributed by atoms with van der Waals surface area (Å²) in [4.78, 5) is 11.6. The van der Waals surface area contributed by atoms with Gasteiger partial charge in [-0.05, 0) is 12.8 Å². The molecule has 0 N–H and O–H groups in total. The molecule has 0 aromatic heterocycles. The molecule has 0 saturated carbocycles. The molecule has 0 aromatic rings. The van der Waals surface area contributed by atoms with Gasteiger partial charge in [0.05, 0.1) is 0 Å². The van der Waals surface area contributed by atoms with Gasteiger partial charge in [0.2, 0.25) is 0 Å². The first-order valence-corrected chi connectivity index (χ1v) is 7.66. The Morgan fingerprint density at radius 1 is 0.889 bits per heavy atom. The zero-order valence-corrected chi connectivity index (χ0v) is 12.9. The zero-order chi connectivity index (χ0) is 13.9. The van der Waals surface area contributed by atoms with E-state index in [1.807, 2.05) is 26.8 Å². The van der Waals surface area contributed by atoms with Crippen LogP contribution in [0.25, 0.3) is 0 Å². The Bertz CT molecular complexity index is 232. The Morgan fingerprint density at radius 3 is 2.00 bits per heavy atom. The summed E-state index contributed by atoms with van der Waals surface area (Å²) in [6.07, 6.45) is 15.4. The number of unbranched alkanes of at least 4 members (excludes halogenated alkanes) is 7. The normalized spacial score (nSPS) is 12.2. The molecule has 0 fully saturated rings. The predicted molar refractivity (Wildman–Crippen MR) is 80.8 cm³/mol. The topological polar surface area (TPSA) is 17.1 Å². The molecule has 0 aliphatic carbocycles. The van der Waals surface area contributed by atoms with Gasteiger partial charge in [-0.15, -0.1) is 0 Å². The highest BCUT2D eigenvalue weighted by Crippen LogP contribution is 2.17. The lowest BCUT2D eigenvalue weighted by molar-refractivity contribution is -0.125. The van der Waals surface area contributed by atoms with Crippen LogP contribution >= 0.6 is 0 Å². The summed E-state index contributed by atoms with van der Waals surface area (Å²) in [7, 11) is 0. The number of hydrogen-bond donors (Lipinski definition) is 0. The molecule has 106 valence electrons. The molecule has 1 heteroatoms. The molecular formula is C17H32O. The zero-order valence-electron chi connectivity index (χ0n) is 12.9. The van der Waals surface area contributed by atoms with E-state index in [-0.39, 0.29) is 5.41 Å². The van der Waals surface area contributed by atoms with Crippen LogP contribution in [-0.4, -0.2) is 5.78 Å². The van der Waals surface area contributed by atoms with Crippen LogP contribution < -0.4 is 0 Å². The van der Waals surface area contributed by atoms with Crippen LogP contribution in [0.1, 0.15) is 85.5 Å². The molecule has 0 amide bonds. The summed E-state index contributed by atoms with van der Waals surface area (Å²) >= 11 is 0. The maximum absolute atomic E-state index is 11.6. The molecule has 0 heterocycles. The van der Waals surface area contributed by atoms with E-state index in [9.17, 15) is 4.79 Å². The van der Waals surface area contributed by atoms with Crippen molar-refractivity contribution in [1.82, 2.24) is 0 Å². The minimum Gasteiger partial charge on any atom is -0.299 e. The van der Waals surface area contributed by atoms with Crippen molar-refractivity contribution < 1.29 is 4.79 Å². The van der Waals surface area contributed by atoms with Gasteiger partial charge in [0.25, 0.3) is 0 Å². The lowest BCUT2D eigenvalue weighted by atomic mass is 9.89. The van der Waals surface area contributed by atoms with Crippen LogP contribution in [0.5, 0.6) is 0 Å². The molecule has 0 spiro atoms. The highest BCUT2D eigenvalue weighted by atomic mass is 16.1. The standard InChI is InChI=1S/C17H32O/c1-5-6-7-8-9-10-11-12-13-14-15-16(18)17(2,3)4/h13-14H,5-12,15H2,1-4H3/b14-13+. The summed E-state index contributed by atoms with van der Waals surface area (Å²) in [5.74, 6) is 0.332. The molecule has 0 aliphatic heterocycles. The molecule has 0 aromatic carbocycles. The smallest absolute Gasteiger partial charge is 0.141 e. The van der Waals surface area contributed by atoms with E-state index < -0.39 is 0 Å². The number of rotatable bonds is 10. The van der Waals surface area contributed by atoms with E-state index in [1.165, 1.54) is 44.9 Å². The predicted octanol–water partition coefficient (Wildman–Crippen LogP) is 5.69. The minimum atomic E-state index is -0.191. The summed E-state index contributed by atoms with van der Waals surface area (Å²) in [6.45, 7) is 8.21. The Hall–Kier alpha value is -0.590. The Kier molecular flexibility index (Phi) is 10.0. The first-order valence-electron chi connectivity index (χ1n) is 7.66. The van der Waals surface area contributed by atoms with Gasteiger partial charge in [-0.3, -0.25) is 4.79 Å².